The summed E-state index contributed by atoms with van der Waals surface area (Å²) >= 11 is 0. The third-order valence-electron chi connectivity index (χ3n) is 1.67. The van der Waals surface area contributed by atoms with Crippen molar-refractivity contribution in [3.05, 3.63) is 11.8 Å². The van der Waals surface area contributed by atoms with Gasteiger partial charge in [-0.2, -0.15) is 0 Å². The number of carbonyl (C=O) groups excluding carboxylic acids is 1. The van der Waals surface area contributed by atoms with Crippen LogP contribution in [0.3, 0.4) is 0 Å². The molecule has 0 aliphatic carbocycles. The molecule has 0 radical (unpaired) electrons. The van der Waals surface area contributed by atoms with Crippen LogP contribution in [0, 0.1) is 0 Å². The molecule has 0 amide bonds. The summed E-state index contributed by atoms with van der Waals surface area (Å²) in [6, 6.07) is 0. The number of hydrogen-bond donors (Lipinski definition) is 1. The van der Waals surface area contributed by atoms with Gasteiger partial charge < -0.3 is 5.32 Å². The number of nitrogens with one attached hydrogen (secondary N) is 1. The zero-order valence-electron chi connectivity index (χ0n) is 8.10. The van der Waals surface area contributed by atoms with Crippen molar-refractivity contribution in [1.82, 2.24) is 5.32 Å². The van der Waals surface area contributed by atoms with Crippen LogP contribution in [0.2, 0.25) is 0 Å². The molecule has 0 aliphatic heterocycles. The highest BCUT2D eigenvalue weighted by Crippen LogP contribution is 1.99. The summed E-state index contributed by atoms with van der Waals surface area (Å²) in [4.78, 5) is 10.2. The van der Waals surface area contributed by atoms with Crippen molar-refractivity contribution in [1.29, 1.82) is 0 Å². The largest absolute Gasteiger partial charge is 0.388 e. The average molecular weight is 169 g/mol. The summed E-state index contributed by atoms with van der Waals surface area (Å²) in [7, 11) is 0. The van der Waals surface area contributed by atoms with E-state index in [0.29, 0.717) is 0 Å². The van der Waals surface area contributed by atoms with E-state index < -0.39 is 0 Å². The topological polar surface area (TPSA) is 29.1 Å². The lowest BCUT2D eigenvalue weighted by Crippen LogP contribution is -2.14. The zero-order chi connectivity index (χ0) is 9.23. The standard InChI is InChI=1S/C10H19NO/c1-3-5-8-11-10(6-4-2)7-9-12/h7,9,11H,3-6,8H2,1-2H3. The Morgan fingerprint density at radius 1 is 1.33 bits per heavy atom. The summed E-state index contributed by atoms with van der Waals surface area (Å²) in [6.07, 6.45) is 6.89. The Morgan fingerprint density at radius 3 is 2.58 bits per heavy atom. The van der Waals surface area contributed by atoms with Crippen LogP contribution < -0.4 is 5.32 Å². The van der Waals surface area contributed by atoms with Crippen LogP contribution in [0.1, 0.15) is 39.5 Å². The normalized spacial score (nSPS) is 11.3. The van der Waals surface area contributed by atoms with Crippen molar-refractivity contribution in [3.8, 4) is 0 Å². The maximum absolute atomic E-state index is 10.2. The molecule has 70 valence electrons. The minimum atomic E-state index is 0.851. The third-order valence-corrected chi connectivity index (χ3v) is 1.67. The zero-order valence-corrected chi connectivity index (χ0v) is 8.10. The minimum absolute atomic E-state index is 0.851. The number of rotatable bonds is 7. The molecular weight excluding hydrogens is 150 g/mol. The summed E-state index contributed by atoms with van der Waals surface area (Å²) in [6.45, 7) is 5.25. The molecule has 0 aromatic heterocycles. The van der Waals surface area contributed by atoms with E-state index in [0.717, 1.165) is 31.4 Å². The molecule has 0 saturated heterocycles. The Kier molecular flexibility index (Phi) is 7.76. The van der Waals surface area contributed by atoms with Crippen molar-refractivity contribution in [2.24, 2.45) is 0 Å². The second-order valence-electron chi connectivity index (χ2n) is 2.86. The first-order valence-electron chi connectivity index (χ1n) is 4.73. The van der Waals surface area contributed by atoms with Crippen molar-refractivity contribution in [2.45, 2.75) is 39.5 Å². The van der Waals surface area contributed by atoms with Gasteiger partial charge in [-0.25, -0.2) is 0 Å². The second kappa shape index (κ2) is 8.31. The van der Waals surface area contributed by atoms with Crippen LogP contribution in [0.5, 0.6) is 0 Å². The fourth-order valence-electron chi connectivity index (χ4n) is 1.01. The SMILES string of the molecule is CCCCNC(=CC=O)CCC. The molecule has 0 bridgehead atoms. The molecule has 0 spiro atoms. The number of allylic oxidation sites excluding steroid dienone is 2. The van der Waals surface area contributed by atoms with E-state index >= 15 is 0 Å². The second-order valence-corrected chi connectivity index (χ2v) is 2.86. The summed E-state index contributed by atoms with van der Waals surface area (Å²) in [5.41, 5.74) is 1.07. The number of carbonyl (C=O) groups is 1. The molecule has 0 aromatic rings. The van der Waals surface area contributed by atoms with Gasteiger partial charge >= 0.3 is 0 Å². The Morgan fingerprint density at radius 2 is 2.08 bits per heavy atom. The van der Waals surface area contributed by atoms with E-state index in [1.54, 1.807) is 6.08 Å². The highest BCUT2D eigenvalue weighted by Gasteiger charge is 1.92. The van der Waals surface area contributed by atoms with E-state index in [1.165, 1.54) is 12.8 Å². The van der Waals surface area contributed by atoms with Gasteiger partial charge in [-0.15, -0.1) is 0 Å². The Bertz CT molecular complexity index is 141. The van der Waals surface area contributed by atoms with Gasteiger partial charge in [0.15, 0.2) is 0 Å². The van der Waals surface area contributed by atoms with Crippen molar-refractivity contribution < 1.29 is 4.79 Å². The van der Waals surface area contributed by atoms with E-state index in [4.69, 9.17) is 0 Å². The Balaban J connectivity index is 3.63. The maximum Gasteiger partial charge on any atom is 0.144 e. The van der Waals surface area contributed by atoms with Crippen LogP contribution in [-0.2, 0) is 4.79 Å². The number of hydrogen-bond acceptors (Lipinski definition) is 2. The van der Waals surface area contributed by atoms with Gasteiger partial charge in [0.25, 0.3) is 0 Å². The molecule has 12 heavy (non-hydrogen) atoms. The first-order chi connectivity index (χ1) is 5.85. The molecule has 2 heteroatoms. The van der Waals surface area contributed by atoms with Crippen LogP contribution >= 0.6 is 0 Å². The molecule has 0 rings (SSSR count). The van der Waals surface area contributed by atoms with E-state index in [1.807, 2.05) is 0 Å². The van der Waals surface area contributed by atoms with Crippen LogP contribution in [0.15, 0.2) is 11.8 Å². The molecule has 2 nitrogen and oxygen atoms in total. The van der Waals surface area contributed by atoms with Gasteiger partial charge in [0, 0.05) is 12.2 Å². The maximum atomic E-state index is 10.2. The van der Waals surface area contributed by atoms with Gasteiger partial charge in [0.2, 0.25) is 0 Å². The molecule has 0 unspecified atom stereocenters. The summed E-state index contributed by atoms with van der Waals surface area (Å²) < 4.78 is 0. The Hall–Kier alpha value is -0.790. The molecule has 0 aromatic carbocycles. The van der Waals surface area contributed by atoms with E-state index in [9.17, 15) is 4.79 Å². The number of unbranched alkanes of at least 4 members (excludes halogenated alkanes) is 1. The molecule has 0 heterocycles. The highest BCUT2D eigenvalue weighted by molar-refractivity contribution is 5.65. The van der Waals surface area contributed by atoms with Crippen LogP contribution in [-0.4, -0.2) is 12.8 Å². The average Bonchev–Trinajstić information content (AvgIpc) is 2.06. The fraction of sp³-hybridized carbons (Fsp3) is 0.700. The summed E-state index contributed by atoms with van der Waals surface area (Å²) in [5.74, 6) is 0. The van der Waals surface area contributed by atoms with Crippen LogP contribution in [0.4, 0.5) is 0 Å². The van der Waals surface area contributed by atoms with E-state index in [2.05, 4.69) is 19.2 Å². The Labute approximate surface area is 75.0 Å². The quantitative estimate of drug-likeness (QED) is 0.360. The van der Waals surface area contributed by atoms with Crippen LogP contribution in [0.25, 0.3) is 0 Å². The molecule has 0 atom stereocenters. The van der Waals surface area contributed by atoms with Gasteiger partial charge in [0.05, 0.1) is 0 Å². The molecule has 0 aliphatic rings. The van der Waals surface area contributed by atoms with Gasteiger partial charge in [-0.1, -0.05) is 26.7 Å². The van der Waals surface area contributed by atoms with E-state index in [-0.39, 0.29) is 0 Å². The fourth-order valence-corrected chi connectivity index (χ4v) is 1.01. The predicted octanol–water partition coefficient (Wildman–Crippen LogP) is 2.26. The van der Waals surface area contributed by atoms with Gasteiger partial charge in [-0.3, -0.25) is 4.79 Å². The lowest BCUT2D eigenvalue weighted by atomic mass is 10.2. The molecular formula is C10H19NO. The van der Waals surface area contributed by atoms with Crippen molar-refractivity contribution in [2.75, 3.05) is 6.54 Å². The third kappa shape index (κ3) is 5.96. The van der Waals surface area contributed by atoms with Gasteiger partial charge in [0.1, 0.15) is 6.29 Å². The first-order valence-corrected chi connectivity index (χ1v) is 4.73. The molecule has 0 saturated carbocycles. The molecule has 1 N–H and O–H groups in total. The lowest BCUT2D eigenvalue weighted by molar-refractivity contribution is -0.104. The first kappa shape index (κ1) is 11.2. The smallest absolute Gasteiger partial charge is 0.144 e. The van der Waals surface area contributed by atoms with Crippen molar-refractivity contribution in [3.63, 3.8) is 0 Å². The highest BCUT2D eigenvalue weighted by atomic mass is 16.1. The van der Waals surface area contributed by atoms with Gasteiger partial charge in [-0.05, 0) is 18.9 Å². The minimum Gasteiger partial charge on any atom is -0.388 e. The molecule has 0 fully saturated rings. The summed E-state index contributed by atoms with van der Waals surface area (Å²) in [5, 5.41) is 3.25. The number of aldehydes is 1. The lowest BCUT2D eigenvalue weighted by Gasteiger charge is -2.07. The van der Waals surface area contributed by atoms with Crippen molar-refractivity contribution >= 4 is 6.29 Å². The monoisotopic (exact) mass is 169 g/mol. The predicted molar refractivity (Wildman–Crippen MR) is 52.0 cm³/mol.